The van der Waals surface area contributed by atoms with Crippen molar-refractivity contribution >= 4 is 77.0 Å². The summed E-state index contributed by atoms with van der Waals surface area (Å²) in [5.41, 5.74) is 0. The topological polar surface area (TPSA) is 0 Å². The van der Waals surface area contributed by atoms with Gasteiger partial charge in [0.25, 0.3) is 0 Å². The van der Waals surface area contributed by atoms with Gasteiger partial charge in [0.05, 0.1) is 0 Å². The maximum atomic E-state index is 2.68. The predicted octanol–water partition coefficient (Wildman–Crippen LogP) is 2.78. The lowest BCUT2D eigenvalue weighted by Gasteiger charge is -1.96. The molecule has 0 saturated carbocycles. The smallest absolute Gasteiger partial charge is 0.0991 e. The first-order chi connectivity index (χ1) is 2.00. The maximum Gasteiger partial charge on any atom is 0.137 e. The van der Waals surface area contributed by atoms with E-state index in [1.807, 2.05) is 0 Å². The second-order valence-corrected chi connectivity index (χ2v) is 16.2. The lowest BCUT2D eigenvalue weighted by molar-refractivity contribution is 2.26. The van der Waals surface area contributed by atoms with Gasteiger partial charge >= 0.3 is 0 Å². The average molecular weight is 426 g/mol. The normalized spacial score (nSPS) is 12.0. The summed E-state index contributed by atoms with van der Waals surface area (Å²) in [6.45, 7) is 0. The summed E-state index contributed by atoms with van der Waals surface area (Å²) < 4.78 is 0.327. The van der Waals surface area contributed by atoms with Crippen LogP contribution in [0.3, 0.4) is 0 Å². The molecule has 5 heavy (non-hydrogen) atoms. The van der Waals surface area contributed by atoms with Crippen LogP contribution in [0.25, 0.3) is 0 Å². The minimum atomic E-state index is 0.327. The molecule has 4 heteroatoms. The van der Waals surface area contributed by atoms with Crippen molar-refractivity contribution < 1.29 is 0 Å². The summed E-state index contributed by atoms with van der Waals surface area (Å²) in [5.74, 6) is 0. The molecular formula is CH2I3P. The van der Waals surface area contributed by atoms with Crippen LogP contribution in [0.2, 0.25) is 0 Å². The number of alkyl halides is 3. The van der Waals surface area contributed by atoms with Crippen molar-refractivity contribution in [1.29, 1.82) is 0 Å². The van der Waals surface area contributed by atoms with Crippen molar-refractivity contribution in [3.8, 4) is 0 Å². The first-order valence-corrected chi connectivity index (χ1v) is 4.67. The third kappa shape index (κ3) is 20.6. The largest absolute Gasteiger partial charge is 0.137 e. The molecule has 0 fully saturated rings. The summed E-state index contributed by atoms with van der Waals surface area (Å²) in [4.78, 5) is 0. The minimum absolute atomic E-state index is 0.327. The quantitative estimate of drug-likeness (QED) is 0.318. The van der Waals surface area contributed by atoms with Crippen LogP contribution in [-0.2, 0) is 0 Å². The molecule has 32 valence electrons. The zero-order valence-electron chi connectivity index (χ0n) is 2.21. The molecule has 1 atom stereocenters. The monoisotopic (exact) mass is 426 g/mol. The number of halogens is 3. The molecule has 0 spiro atoms. The van der Waals surface area contributed by atoms with Gasteiger partial charge in [-0.3, -0.25) is 0 Å². The van der Waals surface area contributed by atoms with E-state index in [4.69, 9.17) is 0 Å². The minimum Gasteiger partial charge on any atom is -0.0991 e. The van der Waals surface area contributed by atoms with Gasteiger partial charge in [0.1, 0.15) is -0.824 Å². The first kappa shape index (κ1) is 7.62. The van der Waals surface area contributed by atoms with Gasteiger partial charge in [-0.1, -0.05) is 77.0 Å². The number of rotatable bonds is 0. The summed E-state index contributed by atoms with van der Waals surface area (Å²) in [7, 11) is 2.68. The third-order valence-electron chi connectivity index (χ3n) is 0. The van der Waals surface area contributed by atoms with Crippen LogP contribution < -0.4 is 0 Å². The van der Waals surface area contributed by atoms with Gasteiger partial charge in [0, 0.05) is 0 Å². The predicted molar refractivity (Wildman–Crippen MR) is 54.5 cm³/mol. The van der Waals surface area contributed by atoms with E-state index in [1.165, 1.54) is 0 Å². The fourth-order valence-electron chi connectivity index (χ4n) is 0. The standard InChI is InChI=1S/CH2I3P/c2-1(3,4)5/h5H2. The van der Waals surface area contributed by atoms with E-state index in [-0.39, 0.29) is 0 Å². The van der Waals surface area contributed by atoms with Crippen molar-refractivity contribution in [3.05, 3.63) is 0 Å². The zero-order chi connectivity index (χ0) is 4.50. The van der Waals surface area contributed by atoms with Crippen LogP contribution in [0.1, 0.15) is 0 Å². The van der Waals surface area contributed by atoms with Crippen LogP contribution in [0.5, 0.6) is 0 Å². The first-order valence-electron chi connectivity index (χ1n) is 0.856. The molecule has 0 heterocycles. The van der Waals surface area contributed by atoms with Crippen molar-refractivity contribution in [2.75, 3.05) is 0 Å². The van der Waals surface area contributed by atoms with E-state index in [9.17, 15) is 0 Å². The fraction of sp³-hybridized carbons (Fsp3) is 1.00. The highest BCUT2D eigenvalue weighted by Gasteiger charge is 2.04. The number of hydrogen-bond donors (Lipinski definition) is 0. The summed E-state index contributed by atoms with van der Waals surface area (Å²) in [6, 6.07) is 0. The molecule has 0 amide bonds. The molecule has 0 aromatic heterocycles. The fourth-order valence-corrected chi connectivity index (χ4v) is 0. The van der Waals surface area contributed by atoms with E-state index < -0.39 is 0 Å². The lowest BCUT2D eigenvalue weighted by atomic mass is 11.9. The van der Waals surface area contributed by atoms with Crippen LogP contribution in [0.4, 0.5) is 0 Å². The van der Waals surface area contributed by atoms with E-state index in [0.717, 1.165) is 0 Å². The average Bonchev–Trinajstić information content (AvgIpc) is 0.722. The Hall–Kier alpha value is 2.62. The highest BCUT2D eigenvalue weighted by atomic mass is 127. The SMILES string of the molecule is PC(I)(I)I. The van der Waals surface area contributed by atoms with Crippen LogP contribution in [0, 0.1) is 0 Å². The molecule has 0 rings (SSSR count). The lowest BCUT2D eigenvalue weighted by Crippen LogP contribution is -1.73. The highest BCUT2D eigenvalue weighted by molar-refractivity contribution is 14.3. The Balaban J connectivity index is 3.02. The molecule has 0 saturated heterocycles. The van der Waals surface area contributed by atoms with Crippen molar-refractivity contribution in [2.45, 2.75) is -0.824 Å². The van der Waals surface area contributed by atoms with Gasteiger partial charge in [0.2, 0.25) is 0 Å². The molecule has 0 bridgehead atoms. The Bertz CT molecular complexity index is 22.4. The summed E-state index contributed by atoms with van der Waals surface area (Å²) in [6.07, 6.45) is 0. The molecule has 0 radical (unpaired) electrons. The maximum absolute atomic E-state index is 2.68. The van der Waals surface area contributed by atoms with Gasteiger partial charge in [0.15, 0.2) is 0 Å². The van der Waals surface area contributed by atoms with Gasteiger partial charge in [-0.2, -0.15) is 0 Å². The number of hydrogen-bond acceptors (Lipinski definition) is 0. The van der Waals surface area contributed by atoms with Gasteiger partial charge in [-0.25, -0.2) is 0 Å². The second-order valence-electron chi connectivity index (χ2n) is 0.542. The van der Waals surface area contributed by atoms with E-state index >= 15 is 0 Å². The summed E-state index contributed by atoms with van der Waals surface area (Å²) in [5, 5.41) is 0. The zero-order valence-corrected chi connectivity index (χ0v) is 9.84. The molecule has 0 aromatic carbocycles. The molecule has 0 aliphatic rings. The van der Waals surface area contributed by atoms with Crippen molar-refractivity contribution in [1.82, 2.24) is 0 Å². The molecule has 0 aliphatic carbocycles. The third-order valence-corrected chi connectivity index (χ3v) is 0. The molecule has 0 aliphatic heterocycles. The van der Waals surface area contributed by atoms with Crippen molar-refractivity contribution in [3.63, 3.8) is 0 Å². The Morgan fingerprint density at radius 1 is 1.20 bits per heavy atom. The van der Waals surface area contributed by atoms with Crippen LogP contribution >= 0.6 is 77.0 Å². The molecule has 0 aromatic rings. The van der Waals surface area contributed by atoms with E-state index in [0.29, 0.717) is -0.824 Å². The highest BCUT2D eigenvalue weighted by Crippen LogP contribution is 2.41. The Kier molecular flexibility index (Phi) is 4.29. The Morgan fingerprint density at radius 3 is 1.20 bits per heavy atom. The van der Waals surface area contributed by atoms with Gasteiger partial charge in [-0.05, 0) is 0 Å². The Morgan fingerprint density at radius 2 is 1.20 bits per heavy atom. The molecule has 1 unspecified atom stereocenters. The van der Waals surface area contributed by atoms with Crippen molar-refractivity contribution in [2.24, 2.45) is 0 Å². The van der Waals surface area contributed by atoms with Gasteiger partial charge < -0.3 is 0 Å². The van der Waals surface area contributed by atoms with E-state index in [1.54, 1.807) is 0 Å². The van der Waals surface area contributed by atoms with Crippen LogP contribution in [0.15, 0.2) is 0 Å². The summed E-state index contributed by atoms with van der Waals surface area (Å²) >= 11 is 6.94. The molecular weight excluding hydrogens is 424 g/mol. The molecule has 0 nitrogen and oxygen atoms in total. The van der Waals surface area contributed by atoms with Crippen LogP contribution in [-0.4, -0.2) is -0.824 Å². The second kappa shape index (κ2) is 2.81. The van der Waals surface area contributed by atoms with E-state index in [2.05, 4.69) is 77.0 Å². The Labute approximate surface area is 74.9 Å². The van der Waals surface area contributed by atoms with Gasteiger partial charge in [-0.15, -0.1) is 0 Å². The molecule has 0 N–H and O–H groups in total.